The molecule has 0 atom stereocenters. The van der Waals surface area contributed by atoms with Crippen LogP contribution in [0, 0.1) is 0 Å². The van der Waals surface area contributed by atoms with Gasteiger partial charge in [-0.1, -0.05) is 40.9 Å². The number of nitrogens with zero attached hydrogens (tertiary/aromatic N) is 1. The molecule has 1 aliphatic rings. The molecule has 0 amide bonds. The van der Waals surface area contributed by atoms with E-state index in [4.69, 9.17) is 11.5 Å². The van der Waals surface area contributed by atoms with Crippen LogP contribution in [0.4, 0.5) is 0 Å². The predicted octanol–water partition coefficient (Wildman–Crippen LogP) is 2.53. The normalized spacial score (nSPS) is 17.9. The molecule has 3 nitrogen and oxygen atoms in total. The molecule has 0 radical (unpaired) electrons. The average Bonchev–Trinajstić information content (AvgIpc) is 2.76. The van der Waals surface area contributed by atoms with Crippen LogP contribution in [0.1, 0.15) is 31.2 Å². The molecule has 1 fully saturated rings. The van der Waals surface area contributed by atoms with Gasteiger partial charge in [-0.15, -0.1) is 0 Å². The van der Waals surface area contributed by atoms with Crippen molar-refractivity contribution in [3.8, 4) is 0 Å². The zero-order chi connectivity index (χ0) is 12.3. The zero-order valence-electron chi connectivity index (χ0n) is 9.82. The van der Waals surface area contributed by atoms with Crippen molar-refractivity contribution in [2.75, 3.05) is 6.54 Å². The Hall–Kier alpha value is -1.03. The first kappa shape index (κ1) is 12.4. The van der Waals surface area contributed by atoms with Crippen molar-refractivity contribution in [3.05, 3.63) is 34.3 Å². The number of nitrogens with two attached hydrogens (primary N) is 2. The standard InChI is InChI=1S/C13H18BrN3/c14-11-5-3-4-10(8-11)13(6-1-2-7-13)9-17-12(15)16/h3-5,8H,1-2,6-7,9H2,(H4,15,16,17). The summed E-state index contributed by atoms with van der Waals surface area (Å²) in [7, 11) is 0. The van der Waals surface area contributed by atoms with Crippen LogP contribution in [-0.2, 0) is 5.41 Å². The van der Waals surface area contributed by atoms with Gasteiger partial charge in [0.1, 0.15) is 0 Å². The van der Waals surface area contributed by atoms with Crippen molar-refractivity contribution in [2.24, 2.45) is 16.5 Å². The molecule has 4 N–H and O–H groups in total. The van der Waals surface area contributed by atoms with Crippen molar-refractivity contribution in [3.63, 3.8) is 0 Å². The minimum Gasteiger partial charge on any atom is -0.370 e. The van der Waals surface area contributed by atoms with Gasteiger partial charge in [0.15, 0.2) is 5.96 Å². The second-order valence-electron chi connectivity index (χ2n) is 4.74. The highest BCUT2D eigenvalue weighted by Crippen LogP contribution is 2.41. The lowest BCUT2D eigenvalue weighted by Crippen LogP contribution is -2.30. The first-order valence-electron chi connectivity index (χ1n) is 5.94. The third-order valence-electron chi connectivity index (χ3n) is 3.56. The van der Waals surface area contributed by atoms with E-state index in [1.165, 1.54) is 31.2 Å². The summed E-state index contributed by atoms with van der Waals surface area (Å²) in [5.41, 5.74) is 12.4. The van der Waals surface area contributed by atoms with E-state index in [0.717, 1.165) is 4.47 Å². The summed E-state index contributed by atoms with van der Waals surface area (Å²) in [5.74, 6) is 0.186. The van der Waals surface area contributed by atoms with Crippen molar-refractivity contribution in [1.29, 1.82) is 0 Å². The number of guanidine groups is 1. The average molecular weight is 296 g/mol. The third-order valence-corrected chi connectivity index (χ3v) is 4.06. The Balaban J connectivity index is 2.31. The van der Waals surface area contributed by atoms with Crippen LogP contribution in [0.2, 0.25) is 0 Å². The molecule has 0 spiro atoms. The predicted molar refractivity (Wildman–Crippen MR) is 75.0 cm³/mol. The maximum atomic E-state index is 5.46. The molecule has 0 unspecified atom stereocenters. The van der Waals surface area contributed by atoms with Crippen molar-refractivity contribution in [2.45, 2.75) is 31.1 Å². The van der Waals surface area contributed by atoms with Gasteiger partial charge in [-0.05, 0) is 30.5 Å². The number of aliphatic imine (C=N–C) groups is 1. The highest BCUT2D eigenvalue weighted by Gasteiger charge is 2.35. The molecule has 4 heteroatoms. The van der Waals surface area contributed by atoms with Gasteiger partial charge in [0.05, 0.1) is 6.54 Å². The molecule has 0 aliphatic heterocycles. The summed E-state index contributed by atoms with van der Waals surface area (Å²) in [4.78, 5) is 4.24. The maximum absolute atomic E-state index is 5.46. The van der Waals surface area contributed by atoms with E-state index in [0.29, 0.717) is 6.54 Å². The minimum atomic E-state index is 0.133. The molecule has 0 heterocycles. The van der Waals surface area contributed by atoms with E-state index in [9.17, 15) is 0 Å². The number of hydrogen-bond acceptors (Lipinski definition) is 1. The summed E-state index contributed by atoms with van der Waals surface area (Å²) in [6.07, 6.45) is 4.85. The van der Waals surface area contributed by atoms with Gasteiger partial charge in [0.2, 0.25) is 0 Å². The quantitative estimate of drug-likeness (QED) is 0.665. The number of hydrogen-bond donors (Lipinski definition) is 2. The molecule has 17 heavy (non-hydrogen) atoms. The van der Waals surface area contributed by atoms with Crippen LogP contribution >= 0.6 is 15.9 Å². The van der Waals surface area contributed by atoms with Crippen LogP contribution in [0.5, 0.6) is 0 Å². The Morgan fingerprint density at radius 3 is 2.59 bits per heavy atom. The van der Waals surface area contributed by atoms with E-state index in [-0.39, 0.29) is 11.4 Å². The fourth-order valence-electron chi connectivity index (χ4n) is 2.65. The van der Waals surface area contributed by atoms with Crippen molar-refractivity contribution in [1.82, 2.24) is 0 Å². The van der Waals surface area contributed by atoms with Gasteiger partial charge in [0, 0.05) is 9.89 Å². The molecular weight excluding hydrogens is 278 g/mol. The Kier molecular flexibility index (Phi) is 3.72. The Morgan fingerprint density at radius 2 is 2.00 bits per heavy atom. The number of rotatable bonds is 3. The second kappa shape index (κ2) is 5.08. The summed E-state index contributed by atoms with van der Waals surface area (Å²) in [6.45, 7) is 0.700. The summed E-state index contributed by atoms with van der Waals surface area (Å²) >= 11 is 3.53. The second-order valence-corrected chi connectivity index (χ2v) is 5.65. The highest BCUT2D eigenvalue weighted by molar-refractivity contribution is 9.10. The van der Waals surface area contributed by atoms with Gasteiger partial charge in [-0.25, -0.2) is 0 Å². The minimum absolute atomic E-state index is 0.133. The highest BCUT2D eigenvalue weighted by atomic mass is 79.9. The first-order chi connectivity index (χ1) is 8.12. The molecular formula is C13H18BrN3. The maximum Gasteiger partial charge on any atom is 0.185 e. The van der Waals surface area contributed by atoms with E-state index < -0.39 is 0 Å². The van der Waals surface area contributed by atoms with Gasteiger partial charge < -0.3 is 11.5 Å². The summed E-state index contributed by atoms with van der Waals surface area (Å²) in [6, 6.07) is 8.49. The third kappa shape index (κ3) is 2.80. The lowest BCUT2D eigenvalue weighted by atomic mass is 9.79. The lowest BCUT2D eigenvalue weighted by Gasteiger charge is -2.28. The van der Waals surface area contributed by atoms with E-state index in [2.05, 4.69) is 39.1 Å². The first-order valence-corrected chi connectivity index (χ1v) is 6.73. The lowest BCUT2D eigenvalue weighted by molar-refractivity contribution is 0.454. The van der Waals surface area contributed by atoms with Crippen LogP contribution in [0.3, 0.4) is 0 Å². The van der Waals surface area contributed by atoms with Crippen molar-refractivity contribution >= 4 is 21.9 Å². The monoisotopic (exact) mass is 295 g/mol. The molecule has 0 aromatic heterocycles. The molecule has 2 rings (SSSR count). The molecule has 0 bridgehead atoms. The topological polar surface area (TPSA) is 64.4 Å². The van der Waals surface area contributed by atoms with Crippen LogP contribution < -0.4 is 11.5 Å². The van der Waals surface area contributed by atoms with Crippen LogP contribution in [-0.4, -0.2) is 12.5 Å². The Labute approximate surface area is 110 Å². The Bertz CT molecular complexity index is 418. The van der Waals surface area contributed by atoms with Gasteiger partial charge in [-0.3, -0.25) is 4.99 Å². The van der Waals surface area contributed by atoms with E-state index >= 15 is 0 Å². The van der Waals surface area contributed by atoms with Crippen LogP contribution in [0.15, 0.2) is 33.7 Å². The van der Waals surface area contributed by atoms with Crippen LogP contribution in [0.25, 0.3) is 0 Å². The molecule has 1 aromatic carbocycles. The van der Waals surface area contributed by atoms with Gasteiger partial charge in [-0.2, -0.15) is 0 Å². The van der Waals surface area contributed by atoms with E-state index in [1.54, 1.807) is 0 Å². The smallest absolute Gasteiger partial charge is 0.185 e. The van der Waals surface area contributed by atoms with Gasteiger partial charge >= 0.3 is 0 Å². The molecule has 92 valence electrons. The number of benzene rings is 1. The largest absolute Gasteiger partial charge is 0.370 e. The zero-order valence-corrected chi connectivity index (χ0v) is 11.4. The molecule has 1 aromatic rings. The van der Waals surface area contributed by atoms with Crippen molar-refractivity contribution < 1.29 is 0 Å². The molecule has 0 saturated heterocycles. The Morgan fingerprint density at radius 1 is 1.29 bits per heavy atom. The fraction of sp³-hybridized carbons (Fsp3) is 0.462. The van der Waals surface area contributed by atoms with Gasteiger partial charge in [0.25, 0.3) is 0 Å². The summed E-state index contributed by atoms with van der Waals surface area (Å²) in [5, 5.41) is 0. The SMILES string of the molecule is NC(N)=NCC1(c2cccc(Br)c2)CCCC1. The molecule has 1 saturated carbocycles. The summed E-state index contributed by atoms with van der Waals surface area (Å²) < 4.78 is 1.12. The number of halogens is 1. The fourth-order valence-corrected chi connectivity index (χ4v) is 3.05. The van der Waals surface area contributed by atoms with E-state index in [1.807, 2.05) is 6.07 Å². The molecule has 1 aliphatic carbocycles.